The minimum absolute atomic E-state index is 0.522. The van der Waals surface area contributed by atoms with E-state index >= 15 is 0 Å². The van der Waals surface area contributed by atoms with Gasteiger partial charge in [0.1, 0.15) is 11.3 Å². The van der Waals surface area contributed by atoms with Crippen LogP contribution < -0.4 is 10.1 Å². The van der Waals surface area contributed by atoms with E-state index in [4.69, 9.17) is 9.84 Å². The van der Waals surface area contributed by atoms with Crippen LogP contribution in [0, 0.1) is 13.8 Å². The van der Waals surface area contributed by atoms with Crippen LogP contribution in [0.4, 0.5) is 0 Å². The van der Waals surface area contributed by atoms with Gasteiger partial charge in [-0.15, -0.1) is 0 Å². The van der Waals surface area contributed by atoms with Crippen LogP contribution in [0.25, 0.3) is 0 Å². The Morgan fingerprint density at radius 3 is 2.63 bits per heavy atom. The topological polar surface area (TPSA) is 58.6 Å². The van der Waals surface area contributed by atoms with Crippen LogP contribution in [0.5, 0.6) is 5.75 Å². The Bertz CT molecular complexity index is 445. The van der Waals surface area contributed by atoms with Gasteiger partial charge >= 0.3 is 5.97 Å². The quantitative estimate of drug-likeness (QED) is 0.744. The minimum Gasteiger partial charge on any atom is -0.493 e. The van der Waals surface area contributed by atoms with Gasteiger partial charge in [0, 0.05) is 0 Å². The molecule has 1 unspecified atom stereocenters. The van der Waals surface area contributed by atoms with Crippen molar-refractivity contribution in [3.8, 4) is 5.75 Å². The molecular weight excluding hydrogens is 242 g/mol. The zero-order chi connectivity index (χ0) is 14.5. The molecule has 0 aliphatic carbocycles. The summed E-state index contributed by atoms with van der Waals surface area (Å²) in [6.07, 6.45) is 1.22. The summed E-state index contributed by atoms with van der Waals surface area (Å²) in [6.45, 7) is 6.26. The Hall–Kier alpha value is -1.55. The van der Waals surface area contributed by atoms with E-state index in [0.29, 0.717) is 19.4 Å². The largest absolute Gasteiger partial charge is 0.493 e. The molecule has 0 spiro atoms. The molecule has 19 heavy (non-hydrogen) atoms. The number of carboxylic acid groups (broad SMARTS) is 1. The molecule has 0 saturated carbocycles. The van der Waals surface area contributed by atoms with Crippen molar-refractivity contribution in [2.75, 3.05) is 13.7 Å². The summed E-state index contributed by atoms with van der Waals surface area (Å²) in [7, 11) is 1.67. The van der Waals surface area contributed by atoms with Gasteiger partial charge in [-0.3, -0.25) is 4.79 Å². The number of aryl methyl sites for hydroxylation is 2. The molecule has 0 aliphatic rings. The fraction of sp³-hybridized carbons (Fsp3) is 0.533. The van der Waals surface area contributed by atoms with Crippen molar-refractivity contribution in [1.82, 2.24) is 5.32 Å². The molecule has 4 heteroatoms. The zero-order valence-electron chi connectivity index (χ0n) is 12.1. The lowest BCUT2D eigenvalue weighted by atomic mass is 9.96. The van der Waals surface area contributed by atoms with E-state index in [0.717, 1.165) is 11.3 Å². The average molecular weight is 265 g/mol. The molecular formula is C15H23NO3. The van der Waals surface area contributed by atoms with Crippen LogP contribution in [0.1, 0.15) is 30.9 Å². The molecule has 1 aromatic carbocycles. The lowest BCUT2D eigenvalue weighted by molar-refractivity contribution is -0.144. The highest BCUT2D eigenvalue weighted by atomic mass is 16.5. The predicted molar refractivity (Wildman–Crippen MR) is 75.7 cm³/mol. The van der Waals surface area contributed by atoms with Gasteiger partial charge in [0.15, 0.2) is 0 Å². The highest BCUT2D eigenvalue weighted by Crippen LogP contribution is 2.19. The monoisotopic (exact) mass is 265 g/mol. The van der Waals surface area contributed by atoms with Gasteiger partial charge in [-0.2, -0.15) is 0 Å². The second-order valence-corrected chi connectivity index (χ2v) is 5.11. The first-order chi connectivity index (χ1) is 8.89. The van der Waals surface area contributed by atoms with Gasteiger partial charge in [-0.05, 0) is 52.3 Å². The van der Waals surface area contributed by atoms with Gasteiger partial charge in [0.2, 0.25) is 0 Å². The molecule has 0 fully saturated rings. The van der Waals surface area contributed by atoms with Crippen molar-refractivity contribution in [2.45, 2.75) is 39.2 Å². The second kappa shape index (κ2) is 6.57. The normalized spacial score (nSPS) is 13.9. The smallest absolute Gasteiger partial charge is 0.323 e. The Labute approximate surface area is 114 Å². The third-order valence-corrected chi connectivity index (χ3v) is 3.43. The van der Waals surface area contributed by atoms with E-state index in [-0.39, 0.29) is 0 Å². The van der Waals surface area contributed by atoms with Gasteiger partial charge in [-0.1, -0.05) is 17.7 Å². The van der Waals surface area contributed by atoms with E-state index < -0.39 is 11.5 Å². The summed E-state index contributed by atoms with van der Waals surface area (Å²) in [5.41, 5.74) is 1.43. The lowest BCUT2D eigenvalue weighted by Crippen LogP contribution is -2.47. The molecule has 0 aliphatic heterocycles. The van der Waals surface area contributed by atoms with Crippen molar-refractivity contribution in [3.05, 3.63) is 29.3 Å². The number of likely N-dealkylation sites (N-methyl/N-ethyl adjacent to an activating group) is 1. The first-order valence-corrected chi connectivity index (χ1v) is 6.51. The second-order valence-electron chi connectivity index (χ2n) is 5.11. The number of aliphatic carboxylic acids is 1. The number of hydrogen-bond donors (Lipinski definition) is 2. The number of ether oxygens (including phenoxy) is 1. The number of carbonyl (C=O) groups is 1. The molecule has 1 rings (SSSR count). The first-order valence-electron chi connectivity index (χ1n) is 6.51. The Kier molecular flexibility index (Phi) is 5.36. The number of rotatable bonds is 7. The number of hydrogen-bond acceptors (Lipinski definition) is 3. The van der Waals surface area contributed by atoms with Gasteiger partial charge in [0.25, 0.3) is 0 Å². The van der Waals surface area contributed by atoms with E-state index in [1.165, 1.54) is 5.56 Å². The van der Waals surface area contributed by atoms with Crippen molar-refractivity contribution in [2.24, 2.45) is 0 Å². The SMILES string of the molecule is CNC(C)(CCCOc1ccc(C)cc1C)C(=O)O. The molecule has 0 aromatic heterocycles. The molecule has 4 nitrogen and oxygen atoms in total. The molecule has 0 saturated heterocycles. The first kappa shape index (κ1) is 15.5. The summed E-state index contributed by atoms with van der Waals surface area (Å²) in [5, 5.41) is 12.0. The van der Waals surface area contributed by atoms with Crippen LogP contribution in [0.15, 0.2) is 18.2 Å². The summed E-state index contributed by atoms with van der Waals surface area (Å²) in [5.74, 6) is 0.0357. The summed E-state index contributed by atoms with van der Waals surface area (Å²) in [6, 6.07) is 6.04. The predicted octanol–water partition coefficient (Wildman–Crippen LogP) is 2.53. The Balaban J connectivity index is 2.45. The van der Waals surface area contributed by atoms with E-state index in [1.54, 1.807) is 14.0 Å². The molecule has 0 bridgehead atoms. The van der Waals surface area contributed by atoms with Crippen molar-refractivity contribution >= 4 is 5.97 Å². The van der Waals surface area contributed by atoms with Crippen LogP contribution in [0.2, 0.25) is 0 Å². The van der Waals surface area contributed by atoms with E-state index in [9.17, 15) is 4.79 Å². The van der Waals surface area contributed by atoms with Crippen LogP contribution in [0.3, 0.4) is 0 Å². The Morgan fingerprint density at radius 2 is 2.11 bits per heavy atom. The van der Waals surface area contributed by atoms with Crippen molar-refractivity contribution in [1.29, 1.82) is 0 Å². The molecule has 1 aromatic rings. The average Bonchev–Trinajstić information content (AvgIpc) is 2.36. The molecule has 0 amide bonds. The summed E-state index contributed by atoms with van der Waals surface area (Å²) >= 11 is 0. The van der Waals surface area contributed by atoms with E-state index in [2.05, 4.69) is 11.4 Å². The Morgan fingerprint density at radius 1 is 1.42 bits per heavy atom. The lowest BCUT2D eigenvalue weighted by Gasteiger charge is -2.24. The third-order valence-electron chi connectivity index (χ3n) is 3.43. The molecule has 2 N–H and O–H groups in total. The minimum atomic E-state index is -0.883. The van der Waals surface area contributed by atoms with E-state index in [1.807, 2.05) is 26.0 Å². The van der Waals surface area contributed by atoms with Gasteiger partial charge in [0.05, 0.1) is 6.61 Å². The summed E-state index contributed by atoms with van der Waals surface area (Å²) < 4.78 is 5.69. The fourth-order valence-electron chi connectivity index (χ4n) is 1.91. The zero-order valence-corrected chi connectivity index (χ0v) is 12.1. The van der Waals surface area contributed by atoms with Crippen LogP contribution >= 0.6 is 0 Å². The van der Waals surface area contributed by atoms with Gasteiger partial charge in [-0.25, -0.2) is 0 Å². The highest BCUT2D eigenvalue weighted by Gasteiger charge is 2.30. The highest BCUT2D eigenvalue weighted by molar-refractivity contribution is 5.78. The van der Waals surface area contributed by atoms with Crippen LogP contribution in [-0.4, -0.2) is 30.3 Å². The molecule has 0 heterocycles. The maximum Gasteiger partial charge on any atom is 0.323 e. The molecule has 106 valence electrons. The number of nitrogens with one attached hydrogen (secondary N) is 1. The van der Waals surface area contributed by atoms with Crippen molar-refractivity contribution in [3.63, 3.8) is 0 Å². The third kappa shape index (κ3) is 4.24. The summed E-state index contributed by atoms with van der Waals surface area (Å²) in [4.78, 5) is 11.1. The number of benzene rings is 1. The van der Waals surface area contributed by atoms with Gasteiger partial charge < -0.3 is 15.2 Å². The van der Waals surface area contributed by atoms with Crippen molar-refractivity contribution < 1.29 is 14.6 Å². The maximum absolute atomic E-state index is 11.1. The molecule has 1 atom stereocenters. The van der Waals surface area contributed by atoms with Crippen LogP contribution in [-0.2, 0) is 4.79 Å². The number of carboxylic acids is 1. The molecule has 0 radical (unpaired) electrons. The maximum atomic E-state index is 11.1. The fourth-order valence-corrected chi connectivity index (χ4v) is 1.91. The standard InChI is InChI=1S/C15H23NO3/c1-11-6-7-13(12(2)10-11)19-9-5-8-15(3,16-4)14(17)18/h6-7,10,16H,5,8-9H2,1-4H3,(H,17,18).